The fourth-order valence-corrected chi connectivity index (χ4v) is 5.97. The Balaban J connectivity index is 1.51. The Hall–Kier alpha value is -4.01. The number of hydrogen-bond donors (Lipinski definition) is 2. The van der Waals surface area contributed by atoms with Crippen molar-refractivity contribution in [1.29, 1.82) is 0 Å². The number of hydrogen-bond acceptors (Lipinski definition) is 3. The molecule has 0 bridgehead atoms. The third-order valence-electron chi connectivity index (χ3n) is 7.79. The molecule has 0 spiro atoms. The van der Waals surface area contributed by atoms with Crippen molar-refractivity contribution in [3.8, 4) is 11.1 Å². The lowest BCUT2D eigenvalue weighted by atomic mass is 9.92. The zero-order chi connectivity index (χ0) is 29.0. The van der Waals surface area contributed by atoms with Crippen molar-refractivity contribution < 1.29 is 22.8 Å². The molecule has 9 heteroatoms. The second-order valence-corrected chi connectivity index (χ2v) is 10.7. The number of rotatable bonds is 8. The SMILES string of the molecule is CCCCN(CC(F)(F)F)C(=O)C1c2ccccc2-c2cccc(N3CCCCC3NC(=O)Nc3ccccc3)c21. The zero-order valence-corrected chi connectivity index (χ0v) is 23.1. The van der Waals surface area contributed by atoms with Gasteiger partial charge in [0.2, 0.25) is 5.91 Å². The average Bonchev–Trinajstić information content (AvgIpc) is 3.30. The lowest BCUT2D eigenvalue weighted by Gasteiger charge is -2.39. The topological polar surface area (TPSA) is 64.7 Å². The molecule has 0 radical (unpaired) electrons. The number of fused-ring (bicyclic) bond motifs is 3. The van der Waals surface area contributed by atoms with Gasteiger partial charge in [0.1, 0.15) is 12.7 Å². The highest BCUT2D eigenvalue weighted by Crippen LogP contribution is 2.50. The summed E-state index contributed by atoms with van der Waals surface area (Å²) in [6.45, 7) is 1.30. The molecule has 3 amide bonds. The highest BCUT2D eigenvalue weighted by Gasteiger charge is 2.42. The van der Waals surface area contributed by atoms with Crippen LogP contribution in [-0.4, -0.2) is 48.8 Å². The molecular weight excluding hydrogens is 529 g/mol. The van der Waals surface area contributed by atoms with Gasteiger partial charge in [-0.2, -0.15) is 13.2 Å². The molecule has 1 fully saturated rings. The minimum Gasteiger partial charge on any atom is -0.351 e. The Morgan fingerprint density at radius 1 is 0.951 bits per heavy atom. The molecule has 2 atom stereocenters. The first kappa shape index (κ1) is 28.5. The molecule has 2 N–H and O–H groups in total. The van der Waals surface area contributed by atoms with E-state index >= 15 is 0 Å². The van der Waals surface area contributed by atoms with Crippen molar-refractivity contribution in [2.75, 3.05) is 29.9 Å². The Morgan fingerprint density at radius 3 is 2.44 bits per heavy atom. The molecule has 1 heterocycles. The summed E-state index contributed by atoms with van der Waals surface area (Å²) in [7, 11) is 0. The number of carbonyl (C=O) groups is 2. The number of piperidine rings is 1. The van der Waals surface area contributed by atoms with E-state index in [4.69, 9.17) is 0 Å². The molecule has 1 saturated heterocycles. The van der Waals surface area contributed by atoms with Gasteiger partial charge in [0.05, 0.1) is 5.92 Å². The first-order valence-electron chi connectivity index (χ1n) is 14.2. The lowest BCUT2D eigenvalue weighted by molar-refractivity contribution is -0.161. The largest absolute Gasteiger partial charge is 0.406 e. The van der Waals surface area contributed by atoms with Crippen LogP contribution in [0.5, 0.6) is 0 Å². The molecule has 0 saturated carbocycles. The first-order chi connectivity index (χ1) is 19.8. The van der Waals surface area contributed by atoms with Gasteiger partial charge in [0.25, 0.3) is 0 Å². The third-order valence-corrected chi connectivity index (χ3v) is 7.79. The van der Waals surface area contributed by atoms with E-state index in [1.54, 1.807) is 12.1 Å². The minimum absolute atomic E-state index is 0.0402. The van der Waals surface area contributed by atoms with Crippen molar-refractivity contribution in [1.82, 2.24) is 10.2 Å². The highest BCUT2D eigenvalue weighted by molar-refractivity contribution is 5.99. The number of alkyl halides is 3. The van der Waals surface area contributed by atoms with E-state index in [0.717, 1.165) is 34.6 Å². The van der Waals surface area contributed by atoms with Gasteiger partial charge in [-0.1, -0.05) is 67.9 Å². The number of unbranched alkanes of at least 4 members (excludes halogenated alkanes) is 1. The Morgan fingerprint density at radius 2 is 1.68 bits per heavy atom. The van der Waals surface area contributed by atoms with Crippen molar-refractivity contribution in [2.45, 2.75) is 57.3 Å². The number of carbonyl (C=O) groups excluding carboxylic acids is 2. The molecule has 1 aliphatic heterocycles. The van der Waals surface area contributed by atoms with E-state index in [1.807, 2.05) is 67.6 Å². The molecule has 2 unspecified atom stereocenters. The quantitative estimate of drug-likeness (QED) is 0.306. The molecule has 5 rings (SSSR count). The molecular formula is C32H35F3N4O2. The summed E-state index contributed by atoms with van der Waals surface area (Å²) in [6.07, 6.45) is -1.17. The van der Waals surface area contributed by atoms with Crippen LogP contribution in [0.25, 0.3) is 11.1 Å². The fourth-order valence-electron chi connectivity index (χ4n) is 5.97. The van der Waals surface area contributed by atoms with E-state index in [1.165, 1.54) is 0 Å². The zero-order valence-electron chi connectivity index (χ0n) is 23.1. The van der Waals surface area contributed by atoms with Gasteiger partial charge in [-0.25, -0.2) is 4.79 Å². The van der Waals surface area contributed by atoms with Crippen molar-refractivity contribution in [3.63, 3.8) is 0 Å². The normalized spacial score (nSPS) is 17.9. The highest BCUT2D eigenvalue weighted by atomic mass is 19.4. The molecule has 216 valence electrons. The summed E-state index contributed by atoms with van der Waals surface area (Å²) in [4.78, 5) is 30.1. The smallest absolute Gasteiger partial charge is 0.351 e. The van der Waals surface area contributed by atoms with Gasteiger partial charge in [-0.3, -0.25) is 4.79 Å². The van der Waals surface area contributed by atoms with Crippen LogP contribution < -0.4 is 15.5 Å². The van der Waals surface area contributed by atoms with E-state index in [2.05, 4.69) is 15.5 Å². The van der Waals surface area contributed by atoms with Crippen molar-refractivity contribution in [2.24, 2.45) is 0 Å². The number of nitrogens with one attached hydrogen (secondary N) is 2. The molecule has 0 aromatic heterocycles. The van der Waals surface area contributed by atoms with Crippen LogP contribution >= 0.6 is 0 Å². The van der Waals surface area contributed by atoms with Crippen molar-refractivity contribution >= 4 is 23.3 Å². The van der Waals surface area contributed by atoms with Gasteiger partial charge in [0.15, 0.2) is 0 Å². The van der Waals surface area contributed by atoms with Gasteiger partial charge in [0, 0.05) is 30.0 Å². The average molecular weight is 565 g/mol. The van der Waals surface area contributed by atoms with E-state index in [0.29, 0.717) is 42.6 Å². The summed E-state index contributed by atoms with van der Waals surface area (Å²) in [5, 5.41) is 5.95. The maximum absolute atomic E-state index is 14.1. The minimum atomic E-state index is -4.50. The summed E-state index contributed by atoms with van der Waals surface area (Å²) >= 11 is 0. The van der Waals surface area contributed by atoms with E-state index < -0.39 is 24.5 Å². The summed E-state index contributed by atoms with van der Waals surface area (Å²) in [5.74, 6) is -1.41. The second-order valence-electron chi connectivity index (χ2n) is 10.7. The first-order valence-corrected chi connectivity index (χ1v) is 14.2. The number of halogens is 3. The summed E-state index contributed by atoms with van der Waals surface area (Å²) in [5.41, 5.74) is 4.56. The predicted molar refractivity (Wildman–Crippen MR) is 155 cm³/mol. The predicted octanol–water partition coefficient (Wildman–Crippen LogP) is 7.13. The molecule has 41 heavy (non-hydrogen) atoms. The van der Waals surface area contributed by atoms with Gasteiger partial charge < -0.3 is 20.4 Å². The van der Waals surface area contributed by atoms with E-state index in [-0.39, 0.29) is 18.7 Å². The molecule has 6 nitrogen and oxygen atoms in total. The van der Waals surface area contributed by atoms with Crippen LogP contribution in [-0.2, 0) is 4.79 Å². The van der Waals surface area contributed by atoms with Crippen LogP contribution in [0.2, 0.25) is 0 Å². The monoisotopic (exact) mass is 564 g/mol. The molecule has 3 aromatic carbocycles. The van der Waals surface area contributed by atoms with Gasteiger partial charge in [-0.15, -0.1) is 0 Å². The second kappa shape index (κ2) is 12.2. The number of benzene rings is 3. The molecule has 1 aliphatic carbocycles. The maximum atomic E-state index is 14.1. The van der Waals surface area contributed by atoms with Crippen LogP contribution in [0.15, 0.2) is 72.8 Å². The third kappa shape index (κ3) is 6.34. The van der Waals surface area contributed by atoms with Crippen LogP contribution in [0, 0.1) is 0 Å². The van der Waals surface area contributed by atoms with E-state index in [9.17, 15) is 22.8 Å². The Labute approximate surface area is 238 Å². The Bertz CT molecular complexity index is 1380. The van der Waals surface area contributed by atoms with Crippen LogP contribution in [0.1, 0.15) is 56.1 Å². The lowest BCUT2D eigenvalue weighted by Crippen LogP contribution is -2.52. The fraction of sp³-hybridized carbons (Fsp3) is 0.375. The maximum Gasteiger partial charge on any atom is 0.406 e. The summed E-state index contributed by atoms with van der Waals surface area (Å²) in [6, 6.07) is 22.1. The van der Waals surface area contributed by atoms with Crippen molar-refractivity contribution in [3.05, 3.63) is 83.9 Å². The molecule has 3 aromatic rings. The summed E-state index contributed by atoms with van der Waals surface area (Å²) < 4.78 is 40.9. The standard InChI is InChI=1S/C32H35F3N4O2/c1-2-3-19-38(21-32(33,34)35)30(40)29-25-15-8-7-14-23(25)24-16-11-17-26(28(24)29)39-20-10-9-18-27(39)37-31(41)36-22-12-5-4-6-13-22/h4-8,11-17,27,29H,2-3,9-10,18-21H2,1H3,(H2,36,37,41). The molecule has 2 aliphatic rings. The number of para-hydroxylation sites is 1. The number of amides is 3. The van der Waals surface area contributed by atoms with Crippen LogP contribution in [0.3, 0.4) is 0 Å². The van der Waals surface area contributed by atoms with Crippen LogP contribution in [0.4, 0.5) is 29.3 Å². The number of anilines is 2. The van der Waals surface area contributed by atoms with Gasteiger partial charge in [-0.05, 0) is 60.6 Å². The Kier molecular flexibility index (Phi) is 8.52. The number of nitrogens with zero attached hydrogens (tertiary/aromatic N) is 2. The van der Waals surface area contributed by atoms with Gasteiger partial charge >= 0.3 is 12.2 Å². The number of urea groups is 1.